The first-order valence-corrected chi connectivity index (χ1v) is 8.04. The first kappa shape index (κ1) is 15.8. The van der Waals surface area contributed by atoms with Gasteiger partial charge in [0, 0.05) is 19.3 Å². The molecule has 2 aliphatic rings. The van der Waals surface area contributed by atoms with E-state index in [9.17, 15) is 4.79 Å². The Morgan fingerprint density at radius 1 is 1.30 bits per heavy atom. The van der Waals surface area contributed by atoms with Gasteiger partial charge in [-0.15, -0.1) is 0 Å². The summed E-state index contributed by atoms with van der Waals surface area (Å²) >= 11 is 0. The Labute approximate surface area is 137 Å². The van der Waals surface area contributed by atoms with Crippen LogP contribution in [0.2, 0.25) is 0 Å². The lowest BCUT2D eigenvalue weighted by Crippen LogP contribution is -2.35. The third-order valence-corrected chi connectivity index (χ3v) is 4.36. The second-order valence-corrected chi connectivity index (χ2v) is 7.32. The van der Waals surface area contributed by atoms with Gasteiger partial charge in [-0.25, -0.2) is 4.79 Å². The largest absolute Gasteiger partial charge is 0.495 e. The number of likely N-dealkylation sites (tertiary alicyclic amines) is 1. The van der Waals surface area contributed by atoms with Gasteiger partial charge in [-0.2, -0.15) is 0 Å². The van der Waals surface area contributed by atoms with Gasteiger partial charge in [0.05, 0.1) is 13.3 Å². The smallest absolute Gasteiger partial charge is 0.410 e. The molecular weight excluding hydrogens is 292 g/mol. The van der Waals surface area contributed by atoms with Crippen LogP contribution in [0.25, 0.3) is 5.57 Å². The summed E-state index contributed by atoms with van der Waals surface area (Å²) in [5.74, 6) is 1.66. The molecule has 124 valence electrons. The number of hydrogen-bond acceptors (Lipinski definition) is 4. The number of pyridine rings is 1. The second kappa shape index (κ2) is 5.87. The summed E-state index contributed by atoms with van der Waals surface area (Å²) in [4.78, 5) is 18.2. The predicted octanol–water partition coefficient (Wildman–Crippen LogP) is 3.36. The highest BCUT2D eigenvalue weighted by Crippen LogP contribution is 2.41. The molecule has 1 saturated heterocycles. The van der Waals surface area contributed by atoms with Crippen LogP contribution < -0.4 is 4.74 Å². The molecule has 1 aromatic heterocycles. The van der Waals surface area contributed by atoms with Crippen molar-refractivity contribution < 1.29 is 14.3 Å². The molecule has 23 heavy (non-hydrogen) atoms. The van der Waals surface area contributed by atoms with Gasteiger partial charge in [0.1, 0.15) is 11.4 Å². The number of hydrogen-bond donors (Lipinski definition) is 0. The lowest BCUT2D eigenvalue weighted by molar-refractivity contribution is 0.0285. The molecule has 0 saturated carbocycles. The van der Waals surface area contributed by atoms with Gasteiger partial charge in [0.25, 0.3) is 0 Å². The van der Waals surface area contributed by atoms with E-state index in [2.05, 4.69) is 11.1 Å². The Balaban J connectivity index is 1.67. The number of ether oxygens (including phenoxy) is 2. The zero-order valence-electron chi connectivity index (χ0n) is 14.2. The van der Waals surface area contributed by atoms with Crippen molar-refractivity contribution in [1.82, 2.24) is 9.88 Å². The first-order valence-electron chi connectivity index (χ1n) is 8.04. The van der Waals surface area contributed by atoms with Gasteiger partial charge in [-0.3, -0.25) is 4.98 Å². The van der Waals surface area contributed by atoms with E-state index in [4.69, 9.17) is 9.47 Å². The minimum atomic E-state index is -0.442. The maximum absolute atomic E-state index is 12.2. The maximum Gasteiger partial charge on any atom is 0.410 e. The van der Waals surface area contributed by atoms with E-state index in [1.165, 1.54) is 5.57 Å². The summed E-state index contributed by atoms with van der Waals surface area (Å²) < 4.78 is 10.7. The summed E-state index contributed by atoms with van der Waals surface area (Å²) in [6.45, 7) is 7.19. The van der Waals surface area contributed by atoms with Crippen molar-refractivity contribution in [2.75, 3.05) is 20.2 Å². The van der Waals surface area contributed by atoms with Gasteiger partial charge in [-0.1, -0.05) is 6.08 Å². The minimum Gasteiger partial charge on any atom is -0.495 e. The summed E-state index contributed by atoms with van der Waals surface area (Å²) in [6.07, 6.45) is 6.64. The highest BCUT2D eigenvalue weighted by atomic mass is 16.6. The summed E-state index contributed by atoms with van der Waals surface area (Å²) in [7, 11) is 1.65. The third-order valence-electron chi connectivity index (χ3n) is 4.36. The Hall–Kier alpha value is -2.04. The average molecular weight is 316 g/mol. The Morgan fingerprint density at radius 2 is 2.09 bits per heavy atom. The number of amides is 1. The lowest BCUT2D eigenvalue weighted by atomic mass is 9.99. The molecule has 1 aliphatic heterocycles. The molecule has 0 unspecified atom stereocenters. The quantitative estimate of drug-likeness (QED) is 0.839. The zero-order chi connectivity index (χ0) is 16.6. The molecule has 1 aromatic rings. The van der Waals surface area contributed by atoms with Crippen molar-refractivity contribution in [3.8, 4) is 5.75 Å². The van der Waals surface area contributed by atoms with Crippen LogP contribution in [0.1, 0.15) is 32.8 Å². The van der Waals surface area contributed by atoms with Crippen LogP contribution in [0, 0.1) is 11.8 Å². The summed E-state index contributed by atoms with van der Waals surface area (Å²) in [5.41, 5.74) is 1.97. The fourth-order valence-corrected chi connectivity index (χ4v) is 3.31. The molecule has 0 spiro atoms. The van der Waals surface area contributed by atoms with E-state index >= 15 is 0 Å². The fourth-order valence-electron chi connectivity index (χ4n) is 3.31. The van der Waals surface area contributed by atoms with Crippen LogP contribution in [0.4, 0.5) is 4.79 Å². The van der Waals surface area contributed by atoms with E-state index in [1.807, 2.05) is 37.9 Å². The third kappa shape index (κ3) is 3.49. The van der Waals surface area contributed by atoms with Gasteiger partial charge in [0.15, 0.2) is 0 Å². The number of carbonyl (C=O) groups is 1. The predicted molar refractivity (Wildman–Crippen MR) is 88.2 cm³/mol. The fraction of sp³-hybridized carbons (Fsp3) is 0.556. The Kier molecular flexibility index (Phi) is 4.04. The second-order valence-electron chi connectivity index (χ2n) is 7.32. The van der Waals surface area contributed by atoms with Gasteiger partial charge >= 0.3 is 6.09 Å². The van der Waals surface area contributed by atoms with Crippen LogP contribution in [0.3, 0.4) is 0 Å². The first-order chi connectivity index (χ1) is 10.9. The Morgan fingerprint density at radius 3 is 2.74 bits per heavy atom. The van der Waals surface area contributed by atoms with Gasteiger partial charge in [-0.05, 0) is 56.2 Å². The minimum absolute atomic E-state index is 0.204. The van der Waals surface area contributed by atoms with Crippen molar-refractivity contribution in [3.63, 3.8) is 0 Å². The highest BCUT2D eigenvalue weighted by Gasteiger charge is 2.39. The molecule has 3 rings (SSSR count). The number of carbonyl (C=O) groups excluding carboxylic acids is 1. The molecule has 0 radical (unpaired) electrons. The van der Waals surface area contributed by atoms with Crippen molar-refractivity contribution in [2.24, 2.45) is 11.8 Å². The number of allylic oxidation sites excluding steroid dienone is 1. The monoisotopic (exact) mass is 316 g/mol. The standard InChI is InChI=1S/C18H24N2O3/c1-18(2,3)23-17(21)20-10-14-5-12(6-15(14)11-20)13-7-16(22-4)9-19-8-13/h5,7-9,14-15H,6,10-11H2,1-4H3/t14-,15+/m0/s1. The highest BCUT2D eigenvalue weighted by molar-refractivity contribution is 5.71. The molecule has 2 atom stereocenters. The summed E-state index contributed by atoms with van der Waals surface area (Å²) in [5, 5.41) is 0. The molecule has 1 aliphatic carbocycles. The molecule has 0 bridgehead atoms. The van der Waals surface area contributed by atoms with E-state index < -0.39 is 5.60 Å². The van der Waals surface area contributed by atoms with E-state index in [0.717, 1.165) is 30.8 Å². The molecule has 1 fully saturated rings. The zero-order valence-corrected chi connectivity index (χ0v) is 14.2. The van der Waals surface area contributed by atoms with Crippen molar-refractivity contribution >= 4 is 11.7 Å². The van der Waals surface area contributed by atoms with Crippen molar-refractivity contribution in [1.29, 1.82) is 0 Å². The number of aromatic nitrogens is 1. The van der Waals surface area contributed by atoms with E-state index in [1.54, 1.807) is 13.3 Å². The van der Waals surface area contributed by atoms with Crippen LogP contribution >= 0.6 is 0 Å². The molecule has 5 heteroatoms. The summed E-state index contributed by atoms with van der Waals surface area (Å²) in [6, 6.07) is 2.02. The number of fused-ring (bicyclic) bond motifs is 1. The van der Waals surface area contributed by atoms with Crippen molar-refractivity contribution in [3.05, 3.63) is 30.1 Å². The molecular formula is C18H24N2O3. The molecule has 1 amide bonds. The number of nitrogens with zero attached hydrogens (tertiary/aromatic N) is 2. The molecule has 0 N–H and O–H groups in total. The number of methoxy groups -OCH3 is 1. The lowest BCUT2D eigenvalue weighted by Gasteiger charge is -2.24. The van der Waals surface area contributed by atoms with Crippen LogP contribution in [-0.4, -0.2) is 41.8 Å². The average Bonchev–Trinajstić information content (AvgIpc) is 3.04. The van der Waals surface area contributed by atoms with Crippen LogP contribution in [-0.2, 0) is 4.74 Å². The molecule has 5 nitrogen and oxygen atoms in total. The molecule has 0 aromatic carbocycles. The topological polar surface area (TPSA) is 51.7 Å². The maximum atomic E-state index is 12.2. The van der Waals surface area contributed by atoms with Crippen LogP contribution in [0.5, 0.6) is 5.75 Å². The van der Waals surface area contributed by atoms with Crippen LogP contribution in [0.15, 0.2) is 24.5 Å². The number of rotatable bonds is 2. The van der Waals surface area contributed by atoms with E-state index in [0.29, 0.717) is 11.8 Å². The normalized spacial score (nSPS) is 23.5. The van der Waals surface area contributed by atoms with Gasteiger partial charge < -0.3 is 14.4 Å². The Bertz CT molecular complexity index is 633. The SMILES string of the molecule is COc1cncc(C2=C[C@H]3CN(C(=O)OC(C)(C)C)C[C@H]3C2)c1. The van der Waals surface area contributed by atoms with Crippen molar-refractivity contribution in [2.45, 2.75) is 32.8 Å². The molecule has 2 heterocycles. The van der Waals surface area contributed by atoms with Gasteiger partial charge in [0.2, 0.25) is 0 Å². The van der Waals surface area contributed by atoms with E-state index in [-0.39, 0.29) is 6.09 Å².